The summed E-state index contributed by atoms with van der Waals surface area (Å²) in [5.41, 5.74) is 5.36. The number of rotatable bonds is 1. The molecule has 3 nitrogen and oxygen atoms in total. The van der Waals surface area contributed by atoms with Crippen LogP contribution in [0.1, 0.15) is 10.4 Å². The zero-order valence-corrected chi connectivity index (χ0v) is 9.24. The molecule has 0 aromatic heterocycles. The molecule has 0 aliphatic carbocycles. The van der Waals surface area contributed by atoms with E-state index in [0.29, 0.717) is 4.47 Å². The van der Waals surface area contributed by atoms with Gasteiger partial charge < -0.3 is 10.8 Å². The van der Waals surface area contributed by atoms with Gasteiger partial charge in [0.15, 0.2) is 0 Å². The summed E-state index contributed by atoms with van der Waals surface area (Å²) in [6, 6.07) is 1.25. The smallest absolute Gasteiger partial charge is 0.337 e. The van der Waals surface area contributed by atoms with Gasteiger partial charge in [-0.1, -0.05) is 23.2 Å². The van der Waals surface area contributed by atoms with E-state index in [0.717, 1.165) is 0 Å². The summed E-state index contributed by atoms with van der Waals surface area (Å²) in [7, 11) is 0. The fraction of sp³-hybridized carbons (Fsp3) is 0. The van der Waals surface area contributed by atoms with E-state index in [1.165, 1.54) is 6.07 Å². The monoisotopic (exact) mass is 283 g/mol. The molecule has 0 atom stereocenters. The van der Waals surface area contributed by atoms with E-state index in [9.17, 15) is 4.79 Å². The van der Waals surface area contributed by atoms with Gasteiger partial charge in [-0.2, -0.15) is 0 Å². The Bertz CT molecular complexity index is 381. The fourth-order valence-corrected chi connectivity index (χ4v) is 1.57. The third-order valence-corrected chi connectivity index (χ3v) is 3.40. The summed E-state index contributed by atoms with van der Waals surface area (Å²) >= 11 is 14.5. The van der Waals surface area contributed by atoms with E-state index in [2.05, 4.69) is 15.9 Å². The highest BCUT2D eigenvalue weighted by Gasteiger charge is 2.16. The Kier molecular flexibility index (Phi) is 3.05. The van der Waals surface area contributed by atoms with Crippen molar-refractivity contribution in [3.8, 4) is 0 Å². The predicted molar refractivity (Wildman–Crippen MR) is 55.5 cm³/mol. The molecule has 0 fully saturated rings. The first-order chi connectivity index (χ1) is 5.95. The number of hydrogen-bond acceptors (Lipinski definition) is 2. The van der Waals surface area contributed by atoms with Crippen LogP contribution in [0.15, 0.2) is 10.5 Å². The summed E-state index contributed by atoms with van der Waals surface area (Å²) < 4.78 is 0.401. The number of anilines is 1. The summed E-state index contributed by atoms with van der Waals surface area (Å²) in [5, 5.41) is 9.03. The molecule has 1 aromatic rings. The van der Waals surface area contributed by atoms with Gasteiger partial charge in [0.1, 0.15) is 0 Å². The van der Waals surface area contributed by atoms with Crippen LogP contribution in [0.25, 0.3) is 0 Å². The summed E-state index contributed by atoms with van der Waals surface area (Å²) in [5.74, 6) is -1.16. The molecule has 0 aliphatic heterocycles. The van der Waals surface area contributed by atoms with Crippen molar-refractivity contribution >= 4 is 50.8 Å². The number of hydrogen-bond donors (Lipinski definition) is 2. The van der Waals surface area contributed by atoms with Crippen molar-refractivity contribution in [2.75, 3.05) is 5.73 Å². The Balaban J connectivity index is 3.50. The molecule has 1 rings (SSSR count). The molecule has 13 heavy (non-hydrogen) atoms. The third-order valence-electron chi connectivity index (χ3n) is 1.43. The average molecular weight is 285 g/mol. The van der Waals surface area contributed by atoms with Gasteiger partial charge in [0, 0.05) is 0 Å². The van der Waals surface area contributed by atoms with Crippen LogP contribution in [0, 0.1) is 0 Å². The van der Waals surface area contributed by atoms with Gasteiger partial charge in [-0.15, -0.1) is 0 Å². The number of benzene rings is 1. The number of carboxylic acid groups (broad SMARTS) is 1. The molecule has 0 saturated carbocycles. The van der Waals surface area contributed by atoms with E-state index in [-0.39, 0.29) is 21.3 Å². The van der Waals surface area contributed by atoms with Crippen molar-refractivity contribution in [3.05, 3.63) is 26.1 Å². The normalized spacial score (nSPS) is 10.1. The van der Waals surface area contributed by atoms with Crippen molar-refractivity contribution in [1.29, 1.82) is 0 Å². The minimum Gasteiger partial charge on any atom is -0.478 e. The first-order valence-corrected chi connectivity index (χ1v) is 4.66. The minimum absolute atomic E-state index is 0.00504. The van der Waals surface area contributed by atoms with Gasteiger partial charge in [-0.25, -0.2) is 4.79 Å². The van der Waals surface area contributed by atoms with Crippen LogP contribution in [0.5, 0.6) is 0 Å². The maximum Gasteiger partial charge on any atom is 0.337 e. The second kappa shape index (κ2) is 3.74. The highest BCUT2D eigenvalue weighted by Crippen LogP contribution is 2.36. The van der Waals surface area contributed by atoms with Crippen LogP contribution in [0.2, 0.25) is 10.0 Å². The van der Waals surface area contributed by atoms with Crippen LogP contribution in [0.4, 0.5) is 5.69 Å². The van der Waals surface area contributed by atoms with Crippen molar-refractivity contribution in [1.82, 2.24) is 0 Å². The Morgan fingerprint density at radius 3 is 2.54 bits per heavy atom. The Morgan fingerprint density at radius 1 is 1.54 bits per heavy atom. The first kappa shape index (κ1) is 10.6. The second-order valence-corrected chi connectivity index (χ2v) is 3.83. The lowest BCUT2D eigenvalue weighted by Crippen LogP contribution is -2.03. The highest BCUT2D eigenvalue weighted by atomic mass is 79.9. The van der Waals surface area contributed by atoms with Crippen molar-refractivity contribution < 1.29 is 9.90 Å². The van der Waals surface area contributed by atoms with Crippen LogP contribution in [-0.4, -0.2) is 11.1 Å². The molecule has 3 N–H and O–H groups in total. The number of halogens is 3. The van der Waals surface area contributed by atoms with Gasteiger partial charge in [0.2, 0.25) is 0 Å². The van der Waals surface area contributed by atoms with Gasteiger partial charge >= 0.3 is 5.97 Å². The quantitative estimate of drug-likeness (QED) is 0.615. The average Bonchev–Trinajstić information content (AvgIpc) is 2.07. The van der Waals surface area contributed by atoms with E-state index in [1.807, 2.05) is 0 Å². The number of nitrogen functional groups attached to an aromatic ring is 1. The van der Waals surface area contributed by atoms with Gasteiger partial charge in [0.05, 0.1) is 25.8 Å². The molecule has 0 spiro atoms. The van der Waals surface area contributed by atoms with Crippen LogP contribution >= 0.6 is 39.1 Å². The molecule has 0 heterocycles. The lowest BCUT2D eigenvalue weighted by molar-refractivity contribution is 0.0698. The van der Waals surface area contributed by atoms with Gasteiger partial charge in [-0.3, -0.25) is 0 Å². The maximum atomic E-state index is 10.6. The molecule has 1 aromatic carbocycles. The van der Waals surface area contributed by atoms with E-state index < -0.39 is 5.97 Å². The summed E-state index contributed by atoms with van der Waals surface area (Å²) in [6.45, 7) is 0. The topological polar surface area (TPSA) is 63.3 Å². The Hall–Kier alpha value is -0.450. The molecule has 70 valence electrons. The lowest BCUT2D eigenvalue weighted by Gasteiger charge is -2.06. The maximum absolute atomic E-state index is 10.6. The second-order valence-electron chi connectivity index (χ2n) is 2.25. The SMILES string of the molecule is Nc1c(C(=O)O)cc(Cl)c(Br)c1Cl. The molecule has 0 radical (unpaired) electrons. The predicted octanol–water partition coefficient (Wildman–Crippen LogP) is 3.04. The minimum atomic E-state index is -1.16. The number of aromatic carboxylic acids is 1. The molecular weight excluding hydrogens is 281 g/mol. The molecule has 0 saturated heterocycles. The molecular formula is C7H4BrCl2NO2. The number of carboxylic acids is 1. The molecule has 0 unspecified atom stereocenters. The van der Waals surface area contributed by atoms with Crippen molar-refractivity contribution in [2.45, 2.75) is 0 Å². The standard InChI is InChI=1S/C7H4BrCl2NO2/c8-4-3(9)1-2(7(12)13)6(11)5(4)10/h1H,11H2,(H,12,13). The number of nitrogens with two attached hydrogens (primary N) is 1. The zero-order valence-electron chi connectivity index (χ0n) is 6.14. The summed E-state index contributed by atoms with van der Waals surface area (Å²) in [6.07, 6.45) is 0. The molecule has 0 bridgehead atoms. The molecule has 0 amide bonds. The zero-order chi connectivity index (χ0) is 10.2. The largest absolute Gasteiger partial charge is 0.478 e. The van der Waals surface area contributed by atoms with Crippen LogP contribution in [0.3, 0.4) is 0 Å². The van der Waals surface area contributed by atoms with Crippen molar-refractivity contribution in [3.63, 3.8) is 0 Å². The van der Waals surface area contributed by atoms with E-state index >= 15 is 0 Å². The Labute approximate surface area is 92.6 Å². The van der Waals surface area contributed by atoms with Crippen LogP contribution in [-0.2, 0) is 0 Å². The highest BCUT2D eigenvalue weighted by molar-refractivity contribution is 9.10. The van der Waals surface area contributed by atoms with Crippen LogP contribution < -0.4 is 5.73 Å². The number of carbonyl (C=O) groups is 1. The Morgan fingerprint density at radius 2 is 2.08 bits per heavy atom. The third kappa shape index (κ3) is 1.90. The fourth-order valence-electron chi connectivity index (χ4n) is 0.786. The lowest BCUT2D eigenvalue weighted by atomic mass is 10.2. The van der Waals surface area contributed by atoms with Gasteiger partial charge in [-0.05, 0) is 22.0 Å². The molecule has 6 heteroatoms. The van der Waals surface area contributed by atoms with Crippen molar-refractivity contribution in [2.24, 2.45) is 0 Å². The van der Waals surface area contributed by atoms with E-state index in [4.69, 9.17) is 34.0 Å². The molecule has 0 aliphatic rings. The summed E-state index contributed by atoms with van der Waals surface area (Å²) in [4.78, 5) is 10.6. The first-order valence-electron chi connectivity index (χ1n) is 3.11. The van der Waals surface area contributed by atoms with Gasteiger partial charge in [0.25, 0.3) is 0 Å². The van der Waals surface area contributed by atoms with E-state index in [1.54, 1.807) is 0 Å².